The van der Waals surface area contributed by atoms with E-state index in [0.29, 0.717) is 6.54 Å². The number of amides is 1. The van der Waals surface area contributed by atoms with Gasteiger partial charge in [0.25, 0.3) is 0 Å². The number of hydrogen-bond donors (Lipinski definition) is 0. The van der Waals surface area contributed by atoms with Crippen molar-refractivity contribution in [2.75, 3.05) is 7.05 Å². The second-order valence-electron chi connectivity index (χ2n) is 5.28. The van der Waals surface area contributed by atoms with Crippen LogP contribution in [0.4, 0.5) is 0 Å². The number of halogens is 1. The van der Waals surface area contributed by atoms with Crippen LogP contribution >= 0.6 is 15.9 Å². The van der Waals surface area contributed by atoms with Gasteiger partial charge in [0.05, 0.1) is 15.9 Å². The molecule has 0 atom stereocenters. The smallest absolute Gasteiger partial charge is 0.244 e. The van der Waals surface area contributed by atoms with E-state index in [4.69, 9.17) is 0 Å². The van der Waals surface area contributed by atoms with Crippen molar-refractivity contribution < 1.29 is 4.79 Å². The van der Waals surface area contributed by atoms with Crippen molar-refractivity contribution in [3.8, 4) is 0 Å². The van der Waals surface area contributed by atoms with Gasteiger partial charge < -0.3 is 4.90 Å². The summed E-state index contributed by atoms with van der Waals surface area (Å²) in [5.74, 6) is 0.0210. The zero-order valence-electron chi connectivity index (χ0n) is 13.0. The van der Waals surface area contributed by atoms with Crippen LogP contribution in [0.2, 0.25) is 0 Å². The van der Waals surface area contributed by atoms with Crippen LogP contribution in [0.15, 0.2) is 10.7 Å². The molecule has 0 saturated carbocycles. The van der Waals surface area contributed by atoms with Crippen molar-refractivity contribution in [2.45, 2.75) is 33.9 Å². The maximum atomic E-state index is 12.3. The standard InChI is InChI=1S/C14H20BrN5O/c1-9-12(11(3)19(5)16-9)6-18(4)14(21)8-20-7-13(15)10(2)17-20/h7H,6,8H2,1-5H3. The molecule has 0 radical (unpaired) electrons. The Morgan fingerprint density at radius 3 is 2.43 bits per heavy atom. The van der Waals surface area contributed by atoms with Crippen molar-refractivity contribution in [3.05, 3.63) is 33.3 Å². The molecule has 114 valence electrons. The lowest BCUT2D eigenvalue weighted by molar-refractivity contribution is -0.131. The Balaban J connectivity index is 2.06. The van der Waals surface area contributed by atoms with Crippen LogP contribution in [0.25, 0.3) is 0 Å². The molecule has 0 spiro atoms. The van der Waals surface area contributed by atoms with E-state index in [1.807, 2.05) is 38.7 Å². The molecule has 7 heteroatoms. The zero-order chi connectivity index (χ0) is 15.7. The topological polar surface area (TPSA) is 56.0 Å². The maximum absolute atomic E-state index is 12.3. The Bertz CT molecular complexity index is 654. The summed E-state index contributed by atoms with van der Waals surface area (Å²) in [7, 11) is 3.72. The van der Waals surface area contributed by atoms with E-state index in [0.717, 1.165) is 27.1 Å². The number of aryl methyl sites for hydroxylation is 3. The van der Waals surface area contributed by atoms with Crippen LogP contribution in [0.3, 0.4) is 0 Å². The van der Waals surface area contributed by atoms with Gasteiger partial charge in [-0.1, -0.05) is 0 Å². The molecule has 2 rings (SSSR count). The van der Waals surface area contributed by atoms with E-state index in [2.05, 4.69) is 26.1 Å². The number of likely N-dealkylation sites (N-methyl/N-ethyl adjacent to an activating group) is 1. The third-order valence-corrected chi connectivity index (χ3v) is 4.44. The predicted octanol–water partition coefficient (Wildman–Crippen LogP) is 1.96. The van der Waals surface area contributed by atoms with Crippen LogP contribution < -0.4 is 0 Å². The summed E-state index contributed by atoms with van der Waals surface area (Å²) in [6.07, 6.45) is 1.82. The molecule has 0 aliphatic rings. The van der Waals surface area contributed by atoms with Gasteiger partial charge in [0.1, 0.15) is 6.54 Å². The quantitative estimate of drug-likeness (QED) is 0.844. The first kappa shape index (κ1) is 15.8. The van der Waals surface area contributed by atoms with Crippen molar-refractivity contribution in [1.82, 2.24) is 24.5 Å². The number of nitrogens with zero attached hydrogens (tertiary/aromatic N) is 5. The van der Waals surface area contributed by atoms with Gasteiger partial charge in [-0.3, -0.25) is 14.2 Å². The Kier molecular flexibility index (Phi) is 4.51. The Morgan fingerprint density at radius 1 is 1.29 bits per heavy atom. The average molecular weight is 354 g/mol. The van der Waals surface area contributed by atoms with Crippen molar-refractivity contribution in [2.24, 2.45) is 7.05 Å². The lowest BCUT2D eigenvalue weighted by Gasteiger charge is -2.17. The molecule has 21 heavy (non-hydrogen) atoms. The fourth-order valence-electron chi connectivity index (χ4n) is 2.21. The summed E-state index contributed by atoms with van der Waals surface area (Å²) >= 11 is 3.40. The van der Waals surface area contributed by atoms with Crippen LogP contribution in [-0.2, 0) is 24.9 Å². The predicted molar refractivity (Wildman–Crippen MR) is 83.8 cm³/mol. The van der Waals surface area contributed by atoms with Crippen molar-refractivity contribution in [1.29, 1.82) is 0 Å². The summed E-state index contributed by atoms with van der Waals surface area (Å²) in [5.41, 5.74) is 4.03. The van der Waals surface area contributed by atoms with Crippen molar-refractivity contribution >= 4 is 21.8 Å². The number of rotatable bonds is 4. The van der Waals surface area contributed by atoms with Gasteiger partial charge in [0, 0.05) is 38.1 Å². The van der Waals surface area contributed by atoms with E-state index in [1.54, 1.807) is 16.6 Å². The Morgan fingerprint density at radius 2 is 1.95 bits per heavy atom. The fraction of sp³-hybridized carbons (Fsp3) is 0.500. The Hall–Kier alpha value is -1.63. The molecular formula is C14H20BrN5O. The van der Waals surface area contributed by atoms with Gasteiger partial charge in [0.15, 0.2) is 0 Å². The van der Waals surface area contributed by atoms with Gasteiger partial charge in [-0.2, -0.15) is 10.2 Å². The minimum atomic E-state index is 0.0210. The highest BCUT2D eigenvalue weighted by Gasteiger charge is 2.16. The SMILES string of the molecule is Cc1nn(CC(=O)N(C)Cc2c(C)nn(C)c2C)cc1Br. The second-order valence-corrected chi connectivity index (χ2v) is 6.14. The van der Waals surface area contributed by atoms with Gasteiger partial charge in [0.2, 0.25) is 5.91 Å². The summed E-state index contributed by atoms with van der Waals surface area (Å²) in [6, 6.07) is 0. The summed E-state index contributed by atoms with van der Waals surface area (Å²) in [4.78, 5) is 14.0. The van der Waals surface area contributed by atoms with Gasteiger partial charge in [-0.15, -0.1) is 0 Å². The summed E-state index contributed by atoms with van der Waals surface area (Å²) < 4.78 is 4.41. The van der Waals surface area contributed by atoms with Gasteiger partial charge in [-0.05, 0) is 36.7 Å². The minimum Gasteiger partial charge on any atom is -0.340 e. The average Bonchev–Trinajstić information content (AvgIpc) is 2.83. The minimum absolute atomic E-state index is 0.0210. The molecule has 1 amide bonds. The highest BCUT2D eigenvalue weighted by Crippen LogP contribution is 2.15. The molecule has 0 aliphatic carbocycles. The largest absolute Gasteiger partial charge is 0.340 e. The molecule has 0 aromatic carbocycles. The van der Waals surface area contributed by atoms with E-state index in [-0.39, 0.29) is 12.5 Å². The van der Waals surface area contributed by atoms with Crippen LogP contribution in [0.5, 0.6) is 0 Å². The summed E-state index contributed by atoms with van der Waals surface area (Å²) in [5, 5.41) is 8.66. The van der Waals surface area contributed by atoms with Crippen LogP contribution in [-0.4, -0.2) is 37.4 Å². The summed E-state index contributed by atoms with van der Waals surface area (Å²) in [6.45, 7) is 6.68. The number of aromatic nitrogens is 4. The van der Waals surface area contributed by atoms with E-state index < -0.39 is 0 Å². The molecule has 0 N–H and O–H groups in total. The van der Waals surface area contributed by atoms with Crippen molar-refractivity contribution in [3.63, 3.8) is 0 Å². The first-order valence-corrected chi connectivity index (χ1v) is 7.51. The molecule has 0 bridgehead atoms. The third-order valence-electron chi connectivity index (χ3n) is 3.66. The normalized spacial score (nSPS) is 11.0. The molecule has 0 saturated heterocycles. The highest BCUT2D eigenvalue weighted by molar-refractivity contribution is 9.10. The van der Waals surface area contributed by atoms with Crippen LogP contribution in [0, 0.1) is 20.8 Å². The molecule has 0 unspecified atom stereocenters. The van der Waals surface area contributed by atoms with E-state index in [1.165, 1.54) is 0 Å². The third kappa shape index (κ3) is 3.34. The molecule has 2 heterocycles. The lowest BCUT2D eigenvalue weighted by atomic mass is 10.2. The second kappa shape index (κ2) is 6.01. The first-order chi connectivity index (χ1) is 9.79. The van der Waals surface area contributed by atoms with Crippen LogP contribution in [0.1, 0.15) is 22.6 Å². The molecule has 2 aromatic rings. The molecule has 2 aromatic heterocycles. The van der Waals surface area contributed by atoms with Gasteiger partial charge in [-0.25, -0.2) is 0 Å². The molecule has 6 nitrogen and oxygen atoms in total. The number of carbonyl (C=O) groups excluding carboxylic acids is 1. The Labute approximate surface area is 132 Å². The molecule has 0 aliphatic heterocycles. The molecule has 0 fully saturated rings. The highest BCUT2D eigenvalue weighted by atomic mass is 79.9. The lowest BCUT2D eigenvalue weighted by Crippen LogP contribution is -2.30. The van der Waals surface area contributed by atoms with E-state index in [9.17, 15) is 4.79 Å². The van der Waals surface area contributed by atoms with Gasteiger partial charge >= 0.3 is 0 Å². The fourth-order valence-corrected chi connectivity index (χ4v) is 2.52. The van der Waals surface area contributed by atoms with E-state index >= 15 is 0 Å². The number of carbonyl (C=O) groups is 1. The maximum Gasteiger partial charge on any atom is 0.244 e. The number of hydrogen-bond acceptors (Lipinski definition) is 3. The zero-order valence-corrected chi connectivity index (χ0v) is 14.6. The monoisotopic (exact) mass is 353 g/mol. The first-order valence-electron chi connectivity index (χ1n) is 6.72. The molecular weight excluding hydrogens is 334 g/mol.